The summed E-state index contributed by atoms with van der Waals surface area (Å²) < 4.78 is 53.7. The lowest BCUT2D eigenvalue weighted by molar-refractivity contribution is -0.137. The van der Waals surface area contributed by atoms with Crippen LogP contribution in [0.1, 0.15) is 16.7 Å². The van der Waals surface area contributed by atoms with E-state index in [2.05, 4.69) is 4.98 Å². The van der Waals surface area contributed by atoms with E-state index in [1.54, 1.807) is 0 Å². The van der Waals surface area contributed by atoms with E-state index in [-0.39, 0.29) is 49.2 Å². The SMILES string of the molecule is Cc1ccc(Cn2c(OCCOc3cccc(C(F)(F)F)c3)nc3c2c(=O)n(CCO)c(=O)n3C)cc1. The smallest absolute Gasteiger partial charge is 0.416 e. The Kier molecular flexibility index (Phi) is 7.39. The Balaban J connectivity index is 1.64. The van der Waals surface area contributed by atoms with Gasteiger partial charge in [-0.2, -0.15) is 18.2 Å². The van der Waals surface area contributed by atoms with Crippen LogP contribution in [0.5, 0.6) is 11.8 Å². The molecular formula is C25H25F3N4O5. The number of nitrogens with zero attached hydrogens (tertiary/aromatic N) is 4. The number of benzene rings is 2. The molecule has 0 aliphatic rings. The highest BCUT2D eigenvalue weighted by atomic mass is 19.4. The second-order valence-corrected chi connectivity index (χ2v) is 8.38. The predicted octanol–water partition coefficient (Wildman–Crippen LogP) is 2.72. The second-order valence-electron chi connectivity index (χ2n) is 8.38. The third-order valence-corrected chi connectivity index (χ3v) is 5.73. The first kappa shape index (κ1) is 26.0. The molecule has 2 aromatic heterocycles. The monoisotopic (exact) mass is 518 g/mol. The van der Waals surface area contributed by atoms with E-state index in [9.17, 15) is 27.9 Å². The molecular weight excluding hydrogens is 493 g/mol. The van der Waals surface area contributed by atoms with Crippen LogP contribution in [0.2, 0.25) is 0 Å². The van der Waals surface area contributed by atoms with Gasteiger partial charge in [-0.1, -0.05) is 35.9 Å². The van der Waals surface area contributed by atoms with Gasteiger partial charge in [-0.15, -0.1) is 0 Å². The molecule has 0 atom stereocenters. The number of aryl methyl sites for hydroxylation is 2. The number of hydrogen-bond acceptors (Lipinski definition) is 6. The number of halogens is 3. The summed E-state index contributed by atoms with van der Waals surface area (Å²) in [5.74, 6) is 0.0286. The summed E-state index contributed by atoms with van der Waals surface area (Å²) in [4.78, 5) is 30.2. The third-order valence-electron chi connectivity index (χ3n) is 5.73. The van der Waals surface area contributed by atoms with Crippen molar-refractivity contribution >= 4 is 11.2 Å². The van der Waals surface area contributed by atoms with E-state index >= 15 is 0 Å². The molecule has 4 rings (SSSR count). The van der Waals surface area contributed by atoms with Crippen molar-refractivity contribution in [3.63, 3.8) is 0 Å². The predicted molar refractivity (Wildman–Crippen MR) is 129 cm³/mol. The van der Waals surface area contributed by atoms with E-state index in [0.29, 0.717) is 0 Å². The molecule has 0 radical (unpaired) electrons. The van der Waals surface area contributed by atoms with Crippen LogP contribution in [-0.2, 0) is 26.3 Å². The topological polar surface area (TPSA) is 101 Å². The molecule has 12 heteroatoms. The summed E-state index contributed by atoms with van der Waals surface area (Å²) in [5, 5.41) is 9.33. The Labute approximate surface area is 208 Å². The van der Waals surface area contributed by atoms with Crippen LogP contribution in [0.25, 0.3) is 11.2 Å². The molecule has 196 valence electrons. The highest BCUT2D eigenvalue weighted by Crippen LogP contribution is 2.31. The number of ether oxygens (including phenoxy) is 2. The molecule has 0 spiro atoms. The van der Waals surface area contributed by atoms with Gasteiger partial charge in [0.05, 0.1) is 25.3 Å². The van der Waals surface area contributed by atoms with Gasteiger partial charge in [-0.25, -0.2) is 4.79 Å². The Morgan fingerprint density at radius 3 is 2.38 bits per heavy atom. The Hall–Kier alpha value is -4.06. The lowest BCUT2D eigenvalue weighted by Crippen LogP contribution is -2.40. The molecule has 2 heterocycles. The first-order valence-electron chi connectivity index (χ1n) is 11.4. The zero-order chi connectivity index (χ0) is 26.7. The van der Waals surface area contributed by atoms with Gasteiger partial charge in [0.1, 0.15) is 19.0 Å². The summed E-state index contributed by atoms with van der Waals surface area (Å²) in [6, 6.07) is 12.1. The first-order chi connectivity index (χ1) is 17.6. The van der Waals surface area contributed by atoms with Crippen molar-refractivity contribution in [3.8, 4) is 11.8 Å². The van der Waals surface area contributed by atoms with E-state index in [1.165, 1.54) is 28.3 Å². The minimum Gasteiger partial charge on any atom is -0.490 e. The fourth-order valence-electron chi connectivity index (χ4n) is 3.84. The average molecular weight is 518 g/mol. The summed E-state index contributed by atoms with van der Waals surface area (Å²) in [6.07, 6.45) is -4.49. The number of fused-ring (bicyclic) bond motifs is 1. The zero-order valence-electron chi connectivity index (χ0n) is 20.2. The second kappa shape index (κ2) is 10.5. The average Bonchev–Trinajstić information content (AvgIpc) is 3.22. The standard InChI is InChI=1S/C25H25F3N4O5/c1-16-6-8-17(9-7-16)15-32-20-21(30(2)24(35)31(10-11-33)22(20)34)29-23(32)37-13-12-36-19-5-3-4-18(14-19)25(26,27)28/h3-9,14,33H,10-13,15H2,1-2H3. The molecule has 0 aliphatic carbocycles. The minimum absolute atomic E-state index is 0.0286. The van der Waals surface area contributed by atoms with Gasteiger partial charge < -0.3 is 14.6 Å². The highest BCUT2D eigenvalue weighted by molar-refractivity contribution is 5.72. The largest absolute Gasteiger partial charge is 0.490 e. The summed E-state index contributed by atoms with van der Waals surface area (Å²) >= 11 is 0. The first-order valence-corrected chi connectivity index (χ1v) is 11.4. The maximum atomic E-state index is 13.2. The van der Waals surface area contributed by atoms with Crippen LogP contribution in [-0.4, -0.2) is 43.6 Å². The van der Waals surface area contributed by atoms with Crippen LogP contribution in [0.15, 0.2) is 58.1 Å². The summed E-state index contributed by atoms with van der Waals surface area (Å²) in [7, 11) is 1.46. The van der Waals surface area contributed by atoms with Crippen molar-refractivity contribution < 1.29 is 27.8 Å². The molecule has 1 N–H and O–H groups in total. The van der Waals surface area contributed by atoms with E-state index < -0.39 is 29.6 Å². The molecule has 9 nitrogen and oxygen atoms in total. The maximum Gasteiger partial charge on any atom is 0.416 e. The van der Waals surface area contributed by atoms with Crippen LogP contribution >= 0.6 is 0 Å². The number of hydrogen-bond donors (Lipinski definition) is 1. The molecule has 0 bridgehead atoms. The molecule has 0 fully saturated rings. The van der Waals surface area contributed by atoms with Gasteiger partial charge >= 0.3 is 11.9 Å². The van der Waals surface area contributed by atoms with Gasteiger partial charge in [0.15, 0.2) is 11.2 Å². The number of aliphatic hydroxyl groups excluding tert-OH is 1. The van der Waals surface area contributed by atoms with Gasteiger partial charge in [0.2, 0.25) is 0 Å². The van der Waals surface area contributed by atoms with Crippen molar-refractivity contribution in [1.29, 1.82) is 0 Å². The number of aliphatic hydroxyl groups is 1. The Bertz CT molecular complexity index is 1520. The van der Waals surface area contributed by atoms with E-state index in [0.717, 1.165) is 27.8 Å². The molecule has 4 aromatic rings. The normalized spacial score (nSPS) is 11.7. The minimum atomic E-state index is -4.49. The van der Waals surface area contributed by atoms with Crippen molar-refractivity contribution in [2.45, 2.75) is 26.2 Å². The van der Waals surface area contributed by atoms with Crippen molar-refractivity contribution in [2.75, 3.05) is 19.8 Å². The summed E-state index contributed by atoms with van der Waals surface area (Å²) in [6.45, 7) is 1.38. The van der Waals surface area contributed by atoms with Crippen molar-refractivity contribution in [1.82, 2.24) is 18.7 Å². The molecule has 37 heavy (non-hydrogen) atoms. The fourth-order valence-corrected chi connectivity index (χ4v) is 3.84. The Morgan fingerprint density at radius 2 is 1.70 bits per heavy atom. The molecule has 0 saturated carbocycles. The molecule has 0 saturated heterocycles. The van der Waals surface area contributed by atoms with Gasteiger partial charge in [-0.05, 0) is 30.7 Å². The molecule has 0 aliphatic heterocycles. The lowest BCUT2D eigenvalue weighted by Gasteiger charge is -2.12. The third kappa shape index (κ3) is 5.53. The molecule has 0 amide bonds. The van der Waals surface area contributed by atoms with Gasteiger partial charge in [-0.3, -0.25) is 18.5 Å². The van der Waals surface area contributed by atoms with Crippen LogP contribution in [0.4, 0.5) is 13.2 Å². The van der Waals surface area contributed by atoms with Crippen LogP contribution in [0, 0.1) is 6.92 Å². The summed E-state index contributed by atoms with van der Waals surface area (Å²) in [5.41, 5.74) is 0.0285. The van der Waals surface area contributed by atoms with Crippen LogP contribution < -0.4 is 20.7 Å². The number of alkyl halides is 3. The molecule has 2 aromatic carbocycles. The van der Waals surface area contributed by atoms with Crippen molar-refractivity contribution in [2.24, 2.45) is 7.05 Å². The zero-order valence-corrected chi connectivity index (χ0v) is 20.2. The quantitative estimate of drug-likeness (QED) is 0.342. The maximum absolute atomic E-state index is 13.2. The van der Waals surface area contributed by atoms with E-state index in [1.807, 2.05) is 31.2 Å². The van der Waals surface area contributed by atoms with Crippen LogP contribution in [0.3, 0.4) is 0 Å². The molecule has 0 unspecified atom stereocenters. The van der Waals surface area contributed by atoms with Gasteiger partial charge in [0.25, 0.3) is 11.6 Å². The number of imidazole rings is 1. The number of rotatable bonds is 9. The van der Waals surface area contributed by atoms with Gasteiger partial charge in [0, 0.05) is 7.05 Å². The number of aromatic nitrogens is 4. The Morgan fingerprint density at radius 1 is 1.00 bits per heavy atom. The van der Waals surface area contributed by atoms with Crippen molar-refractivity contribution in [3.05, 3.63) is 86.1 Å². The van der Waals surface area contributed by atoms with E-state index in [4.69, 9.17) is 9.47 Å². The lowest BCUT2D eigenvalue weighted by atomic mass is 10.1. The fraction of sp³-hybridized carbons (Fsp3) is 0.320. The highest BCUT2D eigenvalue weighted by Gasteiger charge is 2.30.